The summed E-state index contributed by atoms with van der Waals surface area (Å²) < 4.78 is 24.9. The van der Waals surface area contributed by atoms with E-state index in [-0.39, 0.29) is 10.1 Å². The van der Waals surface area contributed by atoms with Gasteiger partial charge in [-0.3, -0.25) is 0 Å². The number of aromatic nitrogens is 1. The van der Waals surface area contributed by atoms with Crippen LogP contribution in [0.1, 0.15) is 11.1 Å². The van der Waals surface area contributed by atoms with Crippen molar-refractivity contribution < 1.29 is 8.42 Å². The van der Waals surface area contributed by atoms with Crippen molar-refractivity contribution in [1.29, 1.82) is 5.26 Å². The number of benzene rings is 1. The summed E-state index contributed by atoms with van der Waals surface area (Å²) in [7, 11) is -3.45. The molecule has 18 heavy (non-hydrogen) atoms. The highest BCUT2D eigenvalue weighted by molar-refractivity contribution is 9.10. The normalized spacial score (nSPS) is 11.1. The van der Waals surface area contributed by atoms with Crippen LogP contribution in [0.25, 0.3) is 0 Å². The van der Waals surface area contributed by atoms with Gasteiger partial charge in [0.15, 0.2) is 0 Å². The second-order valence-electron chi connectivity index (χ2n) is 3.48. The van der Waals surface area contributed by atoms with Crippen LogP contribution < -0.4 is 0 Å². The van der Waals surface area contributed by atoms with Gasteiger partial charge in [0, 0.05) is 16.0 Å². The summed E-state index contributed by atoms with van der Waals surface area (Å²) in [5.41, 5.74) is 0.992. The molecule has 4 nitrogen and oxygen atoms in total. The fourth-order valence-corrected chi connectivity index (χ4v) is 4.24. The second-order valence-corrected chi connectivity index (χ2v) is 7.39. The van der Waals surface area contributed by atoms with Crippen LogP contribution in [0.5, 0.6) is 0 Å². The lowest BCUT2D eigenvalue weighted by molar-refractivity contribution is 0.594. The monoisotopic (exact) mass is 342 g/mol. The molecule has 0 amide bonds. The van der Waals surface area contributed by atoms with Gasteiger partial charge >= 0.3 is 0 Å². The van der Waals surface area contributed by atoms with E-state index in [4.69, 9.17) is 5.26 Å². The molecule has 1 aromatic carbocycles. The predicted octanol–water partition coefficient (Wildman–Crippen LogP) is 2.75. The molecule has 2 rings (SSSR count). The van der Waals surface area contributed by atoms with Crippen LogP contribution in [0.4, 0.5) is 0 Å². The first-order chi connectivity index (χ1) is 8.53. The lowest BCUT2D eigenvalue weighted by atomic mass is 10.2. The molecule has 0 fully saturated rings. The third-order valence-corrected chi connectivity index (χ3v) is 5.91. The molecule has 0 N–H and O–H groups in total. The number of thiazole rings is 1. The van der Waals surface area contributed by atoms with Crippen molar-refractivity contribution >= 4 is 37.1 Å². The van der Waals surface area contributed by atoms with E-state index in [2.05, 4.69) is 20.9 Å². The zero-order chi connectivity index (χ0) is 13.2. The summed E-state index contributed by atoms with van der Waals surface area (Å²) in [6.45, 7) is 0. The predicted molar refractivity (Wildman–Crippen MR) is 71.9 cm³/mol. The molecule has 0 aliphatic heterocycles. The van der Waals surface area contributed by atoms with E-state index in [1.807, 2.05) is 6.07 Å². The first kappa shape index (κ1) is 13.2. The Bertz CT molecular complexity index is 703. The van der Waals surface area contributed by atoms with E-state index in [9.17, 15) is 8.42 Å². The molecule has 0 aliphatic carbocycles. The van der Waals surface area contributed by atoms with E-state index in [0.29, 0.717) is 15.6 Å². The molecule has 0 atom stereocenters. The summed E-state index contributed by atoms with van der Waals surface area (Å²) in [6.07, 6.45) is 1.46. The third kappa shape index (κ3) is 2.77. The standard InChI is InChI=1S/C11H7BrN2O2S2/c12-10-2-1-8(6-13)5-9(10)7-18(15,16)11-14-3-4-17-11/h1-5H,7H2. The van der Waals surface area contributed by atoms with Crippen molar-refractivity contribution in [2.24, 2.45) is 0 Å². The van der Waals surface area contributed by atoms with Crippen LogP contribution in [0.3, 0.4) is 0 Å². The molecule has 0 radical (unpaired) electrons. The first-order valence-corrected chi connectivity index (χ1v) is 8.16. The average Bonchev–Trinajstić information content (AvgIpc) is 2.86. The summed E-state index contributed by atoms with van der Waals surface area (Å²) in [4.78, 5) is 3.81. The van der Waals surface area contributed by atoms with Gasteiger partial charge in [0.1, 0.15) is 0 Å². The van der Waals surface area contributed by atoms with E-state index < -0.39 is 9.84 Å². The molecule has 0 saturated carbocycles. The molecule has 0 saturated heterocycles. The maximum absolute atomic E-state index is 12.1. The third-order valence-electron chi connectivity index (χ3n) is 2.20. The molecule has 0 spiro atoms. The smallest absolute Gasteiger partial charge is 0.209 e. The summed E-state index contributed by atoms with van der Waals surface area (Å²) in [6, 6.07) is 6.85. The van der Waals surface area contributed by atoms with Crippen LogP contribution in [-0.2, 0) is 15.6 Å². The SMILES string of the molecule is N#Cc1ccc(Br)c(CS(=O)(=O)c2nccs2)c1. The van der Waals surface area contributed by atoms with Crippen LogP contribution in [-0.4, -0.2) is 13.4 Å². The quantitative estimate of drug-likeness (QED) is 0.859. The Kier molecular flexibility index (Phi) is 3.80. The van der Waals surface area contributed by atoms with Gasteiger partial charge < -0.3 is 0 Å². The molecule has 1 aromatic heterocycles. The van der Waals surface area contributed by atoms with Crippen LogP contribution in [0.2, 0.25) is 0 Å². The lowest BCUT2D eigenvalue weighted by Crippen LogP contribution is -2.05. The Labute approximate surface area is 117 Å². The van der Waals surface area contributed by atoms with Crippen molar-refractivity contribution in [3.63, 3.8) is 0 Å². The van der Waals surface area contributed by atoms with Gasteiger partial charge in [-0.05, 0) is 23.8 Å². The number of hydrogen-bond donors (Lipinski definition) is 0. The van der Waals surface area contributed by atoms with Gasteiger partial charge in [-0.2, -0.15) is 5.26 Å². The van der Waals surface area contributed by atoms with Gasteiger partial charge in [0.25, 0.3) is 0 Å². The Morgan fingerprint density at radius 3 is 2.83 bits per heavy atom. The van der Waals surface area contributed by atoms with Crippen molar-refractivity contribution in [3.8, 4) is 6.07 Å². The number of nitrogens with zero attached hydrogens (tertiary/aromatic N) is 2. The zero-order valence-corrected chi connectivity index (χ0v) is 12.2. The van der Waals surface area contributed by atoms with Crippen molar-refractivity contribution in [2.45, 2.75) is 10.1 Å². The summed E-state index contributed by atoms with van der Waals surface area (Å²) >= 11 is 4.37. The van der Waals surface area contributed by atoms with Gasteiger partial charge in [-0.15, -0.1) is 11.3 Å². The van der Waals surface area contributed by atoms with Gasteiger partial charge in [-0.1, -0.05) is 15.9 Å². The zero-order valence-electron chi connectivity index (χ0n) is 9.00. The fourth-order valence-electron chi connectivity index (χ4n) is 1.39. The highest BCUT2D eigenvalue weighted by Crippen LogP contribution is 2.24. The van der Waals surface area contributed by atoms with Crippen molar-refractivity contribution in [3.05, 3.63) is 45.4 Å². The van der Waals surface area contributed by atoms with Crippen LogP contribution in [0, 0.1) is 11.3 Å². The van der Waals surface area contributed by atoms with E-state index in [1.165, 1.54) is 6.20 Å². The highest BCUT2D eigenvalue weighted by Gasteiger charge is 2.19. The van der Waals surface area contributed by atoms with Crippen LogP contribution >= 0.6 is 27.3 Å². The molecule has 92 valence electrons. The molecular weight excluding hydrogens is 336 g/mol. The fraction of sp³-hybridized carbons (Fsp3) is 0.0909. The Hall–Kier alpha value is -1.23. The summed E-state index contributed by atoms with van der Waals surface area (Å²) in [5, 5.41) is 10.4. The largest absolute Gasteiger partial charge is 0.234 e. The number of sulfone groups is 1. The van der Waals surface area contributed by atoms with Crippen LogP contribution in [0.15, 0.2) is 38.6 Å². The molecule has 1 heterocycles. The molecule has 7 heteroatoms. The maximum Gasteiger partial charge on any atom is 0.209 e. The molecular formula is C11H7BrN2O2S2. The second kappa shape index (κ2) is 5.18. The average molecular weight is 343 g/mol. The topological polar surface area (TPSA) is 70.8 Å². The van der Waals surface area contributed by atoms with Crippen molar-refractivity contribution in [2.75, 3.05) is 0 Å². The van der Waals surface area contributed by atoms with Gasteiger partial charge in [0.2, 0.25) is 14.2 Å². The van der Waals surface area contributed by atoms with Gasteiger partial charge in [-0.25, -0.2) is 13.4 Å². The molecule has 0 aliphatic rings. The Morgan fingerprint density at radius 2 is 2.22 bits per heavy atom. The van der Waals surface area contributed by atoms with E-state index in [0.717, 1.165) is 11.3 Å². The minimum atomic E-state index is -3.45. The number of nitriles is 1. The summed E-state index contributed by atoms with van der Waals surface area (Å²) in [5.74, 6) is -0.170. The Morgan fingerprint density at radius 1 is 1.44 bits per heavy atom. The first-order valence-electron chi connectivity index (χ1n) is 4.84. The number of halogens is 1. The van der Waals surface area contributed by atoms with E-state index >= 15 is 0 Å². The minimum Gasteiger partial charge on any atom is -0.234 e. The molecule has 2 aromatic rings. The number of rotatable bonds is 3. The Balaban J connectivity index is 2.38. The molecule has 0 bridgehead atoms. The highest BCUT2D eigenvalue weighted by atomic mass is 79.9. The number of hydrogen-bond acceptors (Lipinski definition) is 5. The molecule has 0 unspecified atom stereocenters. The maximum atomic E-state index is 12.1. The lowest BCUT2D eigenvalue weighted by Gasteiger charge is -2.04. The van der Waals surface area contributed by atoms with E-state index in [1.54, 1.807) is 23.6 Å². The van der Waals surface area contributed by atoms with Gasteiger partial charge in [0.05, 0.1) is 17.4 Å². The van der Waals surface area contributed by atoms with Crippen molar-refractivity contribution in [1.82, 2.24) is 4.98 Å². The minimum absolute atomic E-state index is 0.0942.